The second kappa shape index (κ2) is 10.2. The number of ether oxygens (including phenoxy) is 2. The maximum absolute atomic E-state index is 12.5. The molecule has 2 fully saturated rings. The summed E-state index contributed by atoms with van der Waals surface area (Å²) >= 11 is 1.88. The van der Waals surface area contributed by atoms with E-state index in [1.807, 2.05) is 11.9 Å². The molecule has 7 nitrogen and oxygen atoms in total. The Hall–Kier alpha value is -1.48. The summed E-state index contributed by atoms with van der Waals surface area (Å²) in [6.07, 6.45) is 3.79. The molecule has 0 radical (unpaired) electrons. The van der Waals surface area contributed by atoms with Crippen LogP contribution >= 0.6 is 11.9 Å². The van der Waals surface area contributed by atoms with Crippen LogP contribution in [0.4, 0.5) is 0 Å². The molecule has 0 spiro atoms. The molecule has 0 bridgehead atoms. The summed E-state index contributed by atoms with van der Waals surface area (Å²) in [5.74, 6) is 1.56. The number of amides is 1. The fraction of sp³-hybridized carbons (Fsp3) is 0.632. The zero-order valence-electron chi connectivity index (χ0n) is 16.1. The lowest BCUT2D eigenvalue weighted by Crippen LogP contribution is -2.51. The van der Waals surface area contributed by atoms with E-state index < -0.39 is 0 Å². The molecule has 1 aliphatic heterocycles. The van der Waals surface area contributed by atoms with Crippen molar-refractivity contribution in [3.8, 4) is 11.5 Å². The molecule has 1 aliphatic carbocycles. The first-order valence-electron chi connectivity index (χ1n) is 9.56. The lowest BCUT2D eigenvalue weighted by Gasteiger charge is -2.33. The first-order chi connectivity index (χ1) is 13.2. The highest BCUT2D eigenvalue weighted by Gasteiger charge is 2.22. The quantitative estimate of drug-likeness (QED) is 0.412. The van der Waals surface area contributed by atoms with Gasteiger partial charge in [0.05, 0.1) is 14.2 Å². The van der Waals surface area contributed by atoms with Crippen molar-refractivity contribution >= 4 is 17.9 Å². The molecule has 1 unspecified atom stereocenters. The predicted octanol–water partition coefficient (Wildman–Crippen LogP) is 1.66. The Balaban J connectivity index is 1.36. The number of hydrogen-bond donors (Lipinski definition) is 3. The van der Waals surface area contributed by atoms with Gasteiger partial charge in [0.1, 0.15) is 11.5 Å². The summed E-state index contributed by atoms with van der Waals surface area (Å²) in [7, 11) is 3.16. The highest BCUT2D eigenvalue weighted by atomic mass is 32.2. The van der Waals surface area contributed by atoms with Gasteiger partial charge < -0.3 is 14.8 Å². The van der Waals surface area contributed by atoms with Gasteiger partial charge in [-0.3, -0.25) is 14.9 Å². The van der Waals surface area contributed by atoms with Gasteiger partial charge in [0.15, 0.2) is 0 Å². The van der Waals surface area contributed by atoms with Gasteiger partial charge in [-0.15, -0.1) is 0 Å². The molecule has 1 amide bonds. The summed E-state index contributed by atoms with van der Waals surface area (Å²) in [4.78, 5) is 12.5. The number of hydrogen-bond acceptors (Lipinski definition) is 7. The standard InChI is InChI=1S/C19H30N4O3S/c1-25-16-9-15(10-17(11-16)26-2)19(24)20-12-14-5-7-23(21-13-14)8-6-22-27-18-3-4-18/h9-11,14,18,21-22H,3-8,12-13H2,1-2H3,(H,20,24). The van der Waals surface area contributed by atoms with Gasteiger partial charge >= 0.3 is 0 Å². The molecule has 1 aromatic rings. The van der Waals surface area contributed by atoms with E-state index in [1.54, 1.807) is 32.4 Å². The fourth-order valence-corrected chi connectivity index (χ4v) is 3.78. The van der Waals surface area contributed by atoms with E-state index in [4.69, 9.17) is 9.47 Å². The summed E-state index contributed by atoms with van der Waals surface area (Å²) in [6, 6.07) is 5.21. The molecule has 1 atom stereocenters. The van der Waals surface area contributed by atoms with Crippen LogP contribution in [0.25, 0.3) is 0 Å². The van der Waals surface area contributed by atoms with Crippen LogP contribution in [-0.4, -0.2) is 63.1 Å². The molecule has 0 aromatic heterocycles. The Bertz CT molecular complexity index is 597. The minimum Gasteiger partial charge on any atom is -0.497 e. The smallest absolute Gasteiger partial charge is 0.251 e. The third kappa shape index (κ3) is 6.57. The fourth-order valence-electron chi connectivity index (χ4n) is 2.96. The van der Waals surface area contributed by atoms with Crippen LogP contribution in [0.1, 0.15) is 29.6 Å². The second-order valence-electron chi connectivity index (χ2n) is 7.03. The summed E-state index contributed by atoms with van der Waals surface area (Å²) < 4.78 is 13.9. The maximum Gasteiger partial charge on any atom is 0.251 e. The number of rotatable bonds is 10. The molecular weight excluding hydrogens is 364 g/mol. The van der Waals surface area contributed by atoms with E-state index in [1.165, 1.54) is 12.8 Å². The second-order valence-corrected chi connectivity index (χ2v) is 8.22. The van der Waals surface area contributed by atoms with E-state index in [0.717, 1.165) is 37.8 Å². The van der Waals surface area contributed by atoms with Gasteiger partial charge in [0.25, 0.3) is 5.91 Å². The SMILES string of the molecule is COc1cc(OC)cc(C(=O)NCC2CCN(CCNSC3CC3)NC2)c1. The average molecular weight is 395 g/mol. The minimum atomic E-state index is -0.101. The summed E-state index contributed by atoms with van der Waals surface area (Å²) in [5.41, 5.74) is 4.02. The van der Waals surface area contributed by atoms with Gasteiger partial charge in [-0.2, -0.15) is 0 Å². The van der Waals surface area contributed by atoms with Crippen LogP contribution in [0, 0.1) is 5.92 Å². The molecule has 150 valence electrons. The molecular formula is C19H30N4O3S. The van der Waals surface area contributed by atoms with Crippen LogP contribution in [-0.2, 0) is 0 Å². The zero-order chi connectivity index (χ0) is 19.1. The Morgan fingerprint density at radius 3 is 2.56 bits per heavy atom. The number of carbonyl (C=O) groups is 1. The van der Waals surface area contributed by atoms with Crippen molar-refractivity contribution in [2.24, 2.45) is 5.92 Å². The van der Waals surface area contributed by atoms with E-state index in [9.17, 15) is 4.79 Å². The number of methoxy groups -OCH3 is 2. The largest absolute Gasteiger partial charge is 0.497 e. The third-order valence-electron chi connectivity index (χ3n) is 4.83. The highest BCUT2D eigenvalue weighted by Crippen LogP contribution is 2.31. The van der Waals surface area contributed by atoms with Gasteiger partial charge in [-0.1, -0.05) is 11.9 Å². The van der Waals surface area contributed by atoms with Crippen LogP contribution < -0.4 is 24.9 Å². The van der Waals surface area contributed by atoms with Gasteiger partial charge in [0.2, 0.25) is 0 Å². The average Bonchev–Trinajstić information content (AvgIpc) is 3.54. The first-order valence-corrected chi connectivity index (χ1v) is 10.4. The van der Waals surface area contributed by atoms with Gasteiger partial charge in [-0.05, 0) is 37.3 Å². The van der Waals surface area contributed by atoms with Crippen molar-refractivity contribution in [1.82, 2.24) is 20.5 Å². The third-order valence-corrected chi connectivity index (χ3v) is 6.01. The van der Waals surface area contributed by atoms with E-state index in [0.29, 0.717) is 29.5 Å². The number of nitrogens with zero attached hydrogens (tertiary/aromatic N) is 1. The van der Waals surface area contributed by atoms with Crippen LogP contribution in [0.15, 0.2) is 18.2 Å². The normalized spacial score (nSPS) is 20.3. The number of carbonyl (C=O) groups excluding carboxylic acids is 1. The lowest BCUT2D eigenvalue weighted by atomic mass is 10.0. The monoisotopic (exact) mass is 394 g/mol. The number of benzene rings is 1. The topological polar surface area (TPSA) is 74.9 Å². The van der Waals surface area contributed by atoms with E-state index >= 15 is 0 Å². The number of nitrogens with one attached hydrogen (secondary N) is 3. The molecule has 3 N–H and O–H groups in total. The zero-order valence-corrected chi connectivity index (χ0v) is 16.9. The van der Waals surface area contributed by atoms with Gasteiger partial charge in [-0.25, -0.2) is 5.01 Å². The Kier molecular flexibility index (Phi) is 7.63. The van der Waals surface area contributed by atoms with Crippen LogP contribution in [0.2, 0.25) is 0 Å². The molecule has 8 heteroatoms. The van der Waals surface area contributed by atoms with Crippen molar-refractivity contribution < 1.29 is 14.3 Å². The lowest BCUT2D eigenvalue weighted by molar-refractivity contribution is 0.0915. The van der Waals surface area contributed by atoms with Crippen LogP contribution in [0.3, 0.4) is 0 Å². The molecule has 2 aliphatic rings. The Morgan fingerprint density at radius 1 is 1.22 bits per heavy atom. The first kappa shape index (κ1) is 20.3. The Morgan fingerprint density at radius 2 is 1.96 bits per heavy atom. The molecule has 1 saturated heterocycles. The minimum absolute atomic E-state index is 0.101. The van der Waals surface area contributed by atoms with Gasteiger partial charge in [0, 0.05) is 49.6 Å². The van der Waals surface area contributed by atoms with E-state index in [-0.39, 0.29) is 5.91 Å². The predicted molar refractivity (Wildman–Crippen MR) is 108 cm³/mol. The molecule has 1 saturated carbocycles. The molecule has 1 heterocycles. The highest BCUT2D eigenvalue weighted by molar-refractivity contribution is 7.98. The van der Waals surface area contributed by atoms with Crippen molar-refractivity contribution in [2.75, 3.05) is 46.9 Å². The molecule has 1 aromatic carbocycles. The van der Waals surface area contributed by atoms with Crippen molar-refractivity contribution in [3.05, 3.63) is 23.8 Å². The van der Waals surface area contributed by atoms with Crippen LogP contribution in [0.5, 0.6) is 11.5 Å². The molecule has 3 rings (SSSR count). The van der Waals surface area contributed by atoms with Crippen molar-refractivity contribution in [3.63, 3.8) is 0 Å². The van der Waals surface area contributed by atoms with Crippen molar-refractivity contribution in [2.45, 2.75) is 24.5 Å². The van der Waals surface area contributed by atoms with E-state index in [2.05, 4.69) is 20.5 Å². The Labute approximate surface area is 165 Å². The summed E-state index contributed by atoms with van der Waals surface area (Å²) in [6.45, 7) is 4.55. The molecule has 27 heavy (non-hydrogen) atoms. The van der Waals surface area contributed by atoms with Crippen molar-refractivity contribution in [1.29, 1.82) is 0 Å². The summed E-state index contributed by atoms with van der Waals surface area (Å²) in [5, 5.41) is 6.15. The number of hydrazine groups is 1. The maximum atomic E-state index is 12.5.